The number of rotatable bonds is 6. The van der Waals surface area contributed by atoms with Crippen LogP contribution in [0.4, 0.5) is 5.69 Å². The van der Waals surface area contributed by atoms with Crippen molar-refractivity contribution in [3.05, 3.63) is 28.8 Å². The Morgan fingerprint density at radius 2 is 2.00 bits per heavy atom. The van der Waals surface area contributed by atoms with Gasteiger partial charge in [-0.1, -0.05) is 11.6 Å². The Labute approximate surface area is 155 Å². The number of piperidine rings is 1. The normalized spacial score (nSPS) is 15.2. The van der Waals surface area contributed by atoms with Crippen molar-refractivity contribution in [2.45, 2.75) is 45.6 Å². The first-order chi connectivity index (χ1) is 11.9. The Bertz CT molecular complexity index is 613. The van der Waals surface area contributed by atoms with Crippen LogP contribution in [0.2, 0.25) is 5.02 Å². The van der Waals surface area contributed by atoms with Crippen LogP contribution in [0.3, 0.4) is 0 Å². The van der Waals surface area contributed by atoms with E-state index < -0.39 is 0 Å². The average molecular weight is 366 g/mol. The van der Waals surface area contributed by atoms with Gasteiger partial charge in [0.1, 0.15) is 0 Å². The number of halogens is 1. The van der Waals surface area contributed by atoms with Crippen LogP contribution in [0.25, 0.3) is 0 Å². The van der Waals surface area contributed by atoms with Crippen molar-refractivity contribution in [3.63, 3.8) is 0 Å². The zero-order valence-electron chi connectivity index (χ0n) is 15.3. The maximum atomic E-state index is 12.4. The summed E-state index contributed by atoms with van der Waals surface area (Å²) in [6.45, 7) is 5.98. The van der Waals surface area contributed by atoms with Gasteiger partial charge in [-0.2, -0.15) is 0 Å². The van der Waals surface area contributed by atoms with Crippen molar-refractivity contribution in [1.82, 2.24) is 10.2 Å². The molecule has 0 aromatic heterocycles. The average Bonchev–Trinajstić information content (AvgIpc) is 2.61. The predicted molar refractivity (Wildman–Crippen MR) is 102 cm³/mol. The molecule has 1 fully saturated rings. The van der Waals surface area contributed by atoms with Gasteiger partial charge >= 0.3 is 0 Å². The summed E-state index contributed by atoms with van der Waals surface area (Å²) in [5, 5.41) is 6.63. The summed E-state index contributed by atoms with van der Waals surface area (Å²) in [6.07, 6.45) is 3.62. The standard InChI is InChI=1S/C19H28ClN3O2/c1-13(2)23(3)19(25)15-5-6-16(20)17(12-15)22-18(24)7-4-14-8-10-21-11-9-14/h5-6,12-14,21H,4,7-11H2,1-3H3,(H,22,24). The summed E-state index contributed by atoms with van der Waals surface area (Å²) in [6, 6.07) is 5.11. The lowest BCUT2D eigenvalue weighted by Crippen LogP contribution is -2.33. The predicted octanol–water partition coefficient (Wildman–Crippen LogP) is 3.54. The van der Waals surface area contributed by atoms with Crippen molar-refractivity contribution in [2.24, 2.45) is 5.92 Å². The zero-order valence-corrected chi connectivity index (χ0v) is 16.0. The van der Waals surface area contributed by atoms with Crippen LogP contribution in [0.5, 0.6) is 0 Å². The number of carbonyl (C=O) groups is 2. The molecule has 1 aliphatic rings. The monoisotopic (exact) mass is 365 g/mol. The van der Waals surface area contributed by atoms with Crippen molar-refractivity contribution >= 4 is 29.1 Å². The quantitative estimate of drug-likeness (QED) is 0.810. The lowest BCUT2D eigenvalue weighted by atomic mass is 9.93. The molecule has 0 bridgehead atoms. The fraction of sp³-hybridized carbons (Fsp3) is 0.579. The lowest BCUT2D eigenvalue weighted by Gasteiger charge is -2.22. The van der Waals surface area contributed by atoms with E-state index in [-0.39, 0.29) is 17.9 Å². The molecule has 1 aromatic rings. The van der Waals surface area contributed by atoms with Crippen LogP contribution >= 0.6 is 11.6 Å². The first-order valence-corrected chi connectivity index (χ1v) is 9.33. The van der Waals surface area contributed by atoms with E-state index in [1.807, 2.05) is 13.8 Å². The van der Waals surface area contributed by atoms with Crippen molar-refractivity contribution in [2.75, 3.05) is 25.5 Å². The molecule has 2 N–H and O–H groups in total. The summed E-state index contributed by atoms with van der Waals surface area (Å²) in [5.41, 5.74) is 1.02. The smallest absolute Gasteiger partial charge is 0.253 e. The molecular weight excluding hydrogens is 338 g/mol. The topological polar surface area (TPSA) is 61.4 Å². The fourth-order valence-electron chi connectivity index (χ4n) is 2.91. The second-order valence-electron chi connectivity index (χ2n) is 6.98. The molecule has 2 rings (SSSR count). The molecule has 1 saturated heterocycles. The van der Waals surface area contributed by atoms with Crippen LogP contribution in [-0.2, 0) is 4.79 Å². The molecule has 1 aromatic carbocycles. The van der Waals surface area contributed by atoms with Crippen molar-refractivity contribution in [3.8, 4) is 0 Å². The van der Waals surface area contributed by atoms with Gasteiger partial charge < -0.3 is 15.5 Å². The molecule has 0 saturated carbocycles. The van der Waals surface area contributed by atoms with Crippen LogP contribution in [0.1, 0.15) is 49.9 Å². The third-order valence-electron chi connectivity index (χ3n) is 4.82. The molecule has 0 unspecified atom stereocenters. The van der Waals surface area contributed by atoms with E-state index in [1.54, 1.807) is 30.1 Å². The molecule has 6 heteroatoms. The minimum Gasteiger partial charge on any atom is -0.339 e. The van der Waals surface area contributed by atoms with Crippen LogP contribution in [-0.4, -0.2) is 42.9 Å². The summed E-state index contributed by atoms with van der Waals surface area (Å²) in [4.78, 5) is 26.3. The second kappa shape index (κ2) is 9.20. The van der Waals surface area contributed by atoms with Gasteiger partial charge in [0.15, 0.2) is 0 Å². The zero-order chi connectivity index (χ0) is 18.4. The molecule has 0 atom stereocenters. The molecule has 1 heterocycles. The van der Waals surface area contributed by atoms with E-state index >= 15 is 0 Å². The minimum absolute atomic E-state index is 0.0535. The van der Waals surface area contributed by atoms with E-state index in [9.17, 15) is 9.59 Å². The number of anilines is 1. The molecule has 25 heavy (non-hydrogen) atoms. The van der Waals surface area contributed by atoms with Gasteiger partial charge in [0.25, 0.3) is 5.91 Å². The first kappa shape index (κ1) is 19.7. The maximum Gasteiger partial charge on any atom is 0.253 e. The SMILES string of the molecule is CC(C)N(C)C(=O)c1ccc(Cl)c(NC(=O)CCC2CCNCC2)c1. The van der Waals surface area contributed by atoms with Crippen LogP contribution in [0, 0.1) is 5.92 Å². The summed E-state index contributed by atoms with van der Waals surface area (Å²) in [5.74, 6) is 0.467. The summed E-state index contributed by atoms with van der Waals surface area (Å²) in [7, 11) is 1.76. The lowest BCUT2D eigenvalue weighted by molar-refractivity contribution is -0.116. The van der Waals surface area contributed by atoms with E-state index in [2.05, 4.69) is 10.6 Å². The summed E-state index contributed by atoms with van der Waals surface area (Å²) >= 11 is 6.19. The van der Waals surface area contributed by atoms with Gasteiger partial charge in [-0.25, -0.2) is 0 Å². The largest absolute Gasteiger partial charge is 0.339 e. The Balaban J connectivity index is 1.97. The minimum atomic E-state index is -0.0862. The third kappa shape index (κ3) is 5.72. The van der Waals surface area contributed by atoms with E-state index in [0.717, 1.165) is 32.4 Å². The van der Waals surface area contributed by atoms with Gasteiger partial charge in [-0.15, -0.1) is 0 Å². The molecule has 5 nitrogen and oxygen atoms in total. The fourth-order valence-corrected chi connectivity index (χ4v) is 3.08. The highest BCUT2D eigenvalue weighted by Gasteiger charge is 2.18. The van der Waals surface area contributed by atoms with Gasteiger partial charge in [0, 0.05) is 25.1 Å². The third-order valence-corrected chi connectivity index (χ3v) is 5.15. The molecule has 138 valence electrons. The maximum absolute atomic E-state index is 12.4. The number of nitrogens with one attached hydrogen (secondary N) is 2. The number of carbonyl (C=O) groups excluding carboxylic acids is 2. The molecular formula is C19H28ClN3O2. The highest BCUT2D eigenvalue weighted by Crippen LogP contribution is 2.25. The molecule has 2 amide bonds. The first-order valence-electron chi connectivity index (χ1n) is 8.95. The number of amides is 2. The molecule has 0 radical (unpaired) electrons. The second-order valence-corrected chi connectivity index (χ2v) is 7.39. The highest BCUT2D eigenvalue weighted by atomic mass is 35.5. The Morgan fingerprint density at radius 3 is 2.64 bits per heavy atom. The molecule has 0 spiro atoms. The van der Waals surface area contributed by atoms with Crippen molar-refractivity contribution in [1.29, 1.82) is 0 Å². The highest BCUT2D eigenvalue weighted by molar-refractivity contribution is 6.33. The number of hydrogen-bond donors (Lipinski definition) is 2. The van der Waals surface area contributed by atoms with Crippen LogP contribution in [0.15, 0.2) is 18.2 Å². The Hall–Kier alpha value is -1.59. The number of hydrogen-bond acceptors (Lipinski definition) is 3. The number of nitrogens with zero attached hydrogens (tertiary/aromatic N) is 1. The van der Waals surface area contributed by atoms with Gasteiger partial charge in [0.05, 0.1) is 10.7 Å². The van der Waals surface area contributed by atoms with Crippen molar-refractivity contribution < 1.29 is 9.59 Å². The van der Waals surface area contributed by atoms with E-state index in [1.165, 1.54) is 0 Å². The Morgan fingerprint density at radius 1 is 1.32 bits per heavy atom. The van der Waals surface area contributed by atoms with Gasteiger partial charge in [-0.05, 0) is 70.3 Å². The summed E-state index contributed by atoms with van der Waals surface area (Å²) < 4.78 is 0. The Kier molecular flexibility index (Phi) is 7.26. The van der Waals surface area contributed by atoms with E-state index in [4.69, 9.17) is 11.6 Å². The van der Waals surface area contributed by atoms with Crippen LogP contribution < -0.4 is 10.6 Å². The molecule has 1 aliphatic heterocycles. The molecule has 0 aliphatic carbocycles. The van der Waals surface area contributed by atoms with E-state index in [0.29, 0.717) is 28.6 Å². The van der Waals surface area contributed by atoms with Gasteiger partial charge in [0.2, 0.25) is 5.91 Å². The van der Waals surface area contributed by atoms with Gasteiger partial charge in [-0.3, -0.25) is 9.59 Å². The number of benzene rings is 1.